The van der Waals surface area contributed by atoms with Gasteiger partial charge in [-0.3, -0.25) is 14.5 Å². The van der Waals surface area contributed by atoms with Crippen LogP contribution in [0.1, 0.15) is 16.7 Å². The smallest absolute Gasteiger partial charge is 0.278 e. The molecule has 0 saturated carbocycles. The van der Waals surface area contributed by atoms with Crippen LogP contribution in [0.25, 0.3) is 5.57 Å². The number of anilines is 1. The molecule has 1 heterocycles. The molecule has 7 heteroatoms. The lowest BCUT2D eigenvalue weighted by Gasteiger charge is -2.16. The summed E-state index contributed by atoms with van der Waals surface area (Å²) in [6.45, 7) is 2.10. The number of hydrogen-bond acceptors (Lipinski definition) is 5. The minimum atomic E-state index is -0.423. The Bertz CT molecular complexity index is 1230. The van der Waals surface area contributed by atoms with Crippen molar-refractivity contribution in [2.75, 3.05) is 19.5 Å². The van der Waals surface area contributed by atoms with Crippen LogP contribution in [0.5, 0.6) is 11.5 Å². The van der Waals surface area contributed by atoms with Crippen LogP contribution in [0.15, 0.2) is 72.4 Å². The number of carbonyl (C=O) groups is 2. The third-order valence-electron chi connectivity index (χ3n) is 5.43. The van der Waals surface area contributed by atoms with Gasteiger partial charge in [-0.1, -0.05) is 53.6 Å². The van der Waals surface area contributed by atoms with Gasteiger partial charge in [-0.25, -0.2) is 0 Å². The quantitative estimate of drug-likeness (QED) is 0.497. The zero-order chi connectivity index (χ0) is 23.5. The van der Waals surface area contributed by atoms with E-state index in [4.69, 9.17) is 21.1 Å². The predicted molar refractivity (Wildman–Crippen MR) is 128 cm³/mol. The predicted octanol–water partition coefficient (Wildman–Crippen LogP) is 5.06. The highest BCUT2D eigenvalue weighted by atomic mass is 35.5. The number of nitrogens with zero attached hydrogens (tertiary/aromatic N) is 1. The molecule has 0 radical (unpaired) electrons. The number of rotatable bonds is 7. The second-order valence-corrected chi connectivity index (χ2v) is 8.07. The molecule has 4 rings (SSSR count). The minimum Gasteiger partial charge on any atom is -0.497 e. The summed E-state index contributed by atoms with van der Waals surface area (Å²) in [5.74, 6) is 0.410. The lowest BCUT2D eigenvalue weighted by atomic mass is 10.0. The molecule has 2 amide bonds. The van der Waals surface area contributed by atoms with Crippen molar-refractivity contribution in [3.8, 4) is 11.5 Å². The van der Waals surface area contributed by atoms with Gasteiger partial charge in [0.1, 0.15) is 17.2 Å². The molecule has 0 unspecified atom stereocenters. The Kier molecular flexibility index (Phi) is 6.38. The number of amides is 2. The van der Waals surface area contributed by atoms with Crippen molar-refractivity contribution in [1.29, 1.82) is 0 Å². The summed E-state index contributed by atoms with van der Waals surface area (Å²) in [5.41, 5.74) is 3.49. The van der Waals surface area contributed by atoms with Crippen LogP contribution in [-0.2, 0) is 16.1 Å². The molecule has 168 valence electrons. The first kappa shape index (κ1) is 22.4. The monoisotopic (exact) mass is 462 g/mol. The second-order valence-electron chi connectivity index (χ2n) is 7.63. The molecule has 0 atom stereocenters. The van der Waals surface area contributed by atoms with E-state index in [1.807, 2.05) is 43.3 Å². The van der Waals surface area contributed by atoms with Crippen LogP contribution in [0.2, 0.25) is 5.02 Å². The average molecular weight is 463 g/mol. The van der Waals surface area contributed by atoms with E-state index in [1.165, 1.54) is 12.0 Å². The molecule has 0 fully saturated rings. The Morgan fingerprint density at radius 1 is 0.879 bits per heavy atom. The van der Waals surface area contributed by atoms with E-state index in [9.17, 15) is 9.59 Å². The van der Waals surface area contributed by atoms with Crippen LogP contribution < -0.4 is 14.8 Å². The number of aryl methyl sites for hydroxylation is 1. The third-order valence-corrected chi connectivity index (χ3v) is 5.66. The summed E-state index contributed by atoms with van der Waals surface area (Å²) in [6, 6.07) is 19.8. The molecular weight excluding hydrogens is 440 g/mol. The highest BCUT2D eigenvalue weighted by molar-refractivity contribution is 6.36. The number of carbonyl (C=O) groups excluding carboxylic acids is 2. The fourth-order valence-electron chi connectivity index (χ4n) is 3.65. The van der Waals surface area contributed by atoms with Crippen molar-refractivity contribution in [3.63, 3.8) is 0 Å². The maximum Gasteiger partial charge on any atom is 0.278 e. The molecule has 1 aliphatic rings. The summed E-state index contributed by atoms with van der Waals surface area (Å²) >= 11 is 6.17. The van der Waals surface area contributed by atoms with E-state index in [0.717, 1.165) is 11.1 Å². The van der Waals surface area contributed by atoms with E-state index in [2.05, 4.69) is 5.32 Å². The first-order valence-corrected chi connectivity index (χ1v) is 10.7. The van der Waals surface area contributed by atoms with Gasteiger partial charge < -0.3 is 14.8 Å². The van der Waals surface area contributed by atoms with Crippen molar-refractivity contribution < 1.29 is 19.1 Å². The summed E-state index contributed by atoms with van der Waals surface area (Å²) in [4.78, 5) is 28.2. The topological polar surface area (TPSA) is 67.9 Å². The molecular formula is C26H23ClN2O4. The molecule has 1 N–H and O–H groups in total. The van der Waals surface area contributed by atoms with Crippen LogP contribution in [0, 0.1) is 6.92 Å². The molecule has 3 aromatic rings. The van der Waals surface area contributed by atoms with E-state index in [1.54, 1.807) is 37.4 Å². The Morgan fingerprint density at radius 2 is 1.58 bits per heavy atom. The third kappa shape index (κ3) is 4.56. The highest BCUT2D eigenvalue weighted by Crippen LogP contribution is 2.35. The van der Waals surface area contributed by atoms with Gasteiger partial charge >= 0.3 is 0 Å². The Hall–Kier alpha value is -3.77. The number of methoxy groups -OCH3 is 2. The van der Waals surface area contributed by atoms with Crippen LogP contribution in [0.4, 0.5) is 5.69 Å². The molecule has 0 aliphatic carbocycles. The van der Waals surface area contributed by atoms with Gasteiger partial charge in [0, 0.05) is 5.02 Å². The first-order valence-electron chi connectivity index (χ1n) is 10.3. The van der Waals surface area contributed by atoms with E-state index in [0.29, 0.717) is 33.3 Å². The van der Waals surface area contributed by atoms with Crippen molar-refractivity contribution >= 4 is 34.7 Å². The fourth-order valence-corrected chi connectivity index (χ4v) is 3.82. The fraction of sp³-hybridized carbons (Fsp3) is 0.154. The van der Waals surface area contributed by atoms with Gasteiger partial charge in [0.25, 0.3) is 11.8 Å². The Morgan fingerprint density at radius 3 is 2.21 bits per heavy atom. The van der Waals surface area contributed by atoms with Gasteiger partial charge in [0.15, 0.2) is 0 Å². The standard InChI is InChI=1S/C26H23ClN2O4/c1-16-4-8-18(9-5-16)23-24(28-21-14-19(27)10-13-22(21)33-3)26(31)29(25(23)30)15-17-6-11-20(32-2)12-7-17/h4-14,28H,15H2,1-3H3. The number of halogens is 1. The average Bonchev–Trinajstić information content (AvgIpc) is 3.04. The first-order chi connectivity index (χ1) is 15.9. The normalized spacial score (nSPS) is 13.5. The van der Waals surface area contributed by atoms with Gasteiger partial charge in [-0.05, 0) is 48.4 Å². The molecule has 0 aromatic heterocycles. The van der Waals surface area contributed by atoms with Crippen molar-refractivity contribution in [2.45, 2.75) is 13.5 Å². The molecule has 6 nitrogen and oxygen atoms in total. The molecule has 33 heavy (non-hydrogen) atoms. The number of benzene rings is 3. The summed E-state index contributed by atoms with van der Waals surface area (Å²) in [6.07, 6.45) is 0. The lowest BCUT2D eigenvalue weighted by Crippen LogP contribution is -2.32. The van der Waals surface area contributed by atoms with Crippen LogP contribution in [-0.4, -0.2) is 30.9 Å². The number of hydrogen-bond donors (Lipinski definition) is 1. The highest BCUT2D eigenvalue weighted by Gasteiger charge is 2.39. The van der Waals surface area contributed by atoms with Gasteiger partial charge in [0.2, 0.25) is 0 Å². The number of imide groups is 1. The van der Waals surface area contributed by atoms with E-state index < -0.39 is 5.91 Å². The zero-order valence-corrected chi connectivity index (χ0v) is 19.3. The van der Waals surface area contributed by atoms with Gasteiger partial charge in [-0.15, -0.1) is 0 Å². The zero-order valence-electron chi connectivity index (χ0n) is 18.5. The van der Waals surface area contributed by atoms with Gasteiger partial charge in [-0.2, -0.15) is 0 Å². The Labute approximate surface area is 197 Å². The molecule has 3 aromatic carbocycles. The summed E-state index contributed by atoms with van der Waals surface area (Å²) in [5, 5.41) is 3.59. The van der Waals surface area contributed by atoms with Crippen LogP contribution in [0.3, 0.4) is 0 Å². The molecule has 0 spiro atoms. The maximum atomic E-state index is 13.5. The van der Waals surface area contributed by atoms with E-state index >= 15 is 0 Å². The summed E-state index contributed by atoms with van der Waals surface area (Å²) in [7, 11) is 3.11. The molecule has 1 aliphatic heterocycles. The molecule has 0 bridgehead atoms. The summed E-state index contributed by atoms with van der Waals surface area (Å²) < 4.78 is 10.6. The Balaban J connectivity index is 1.74. The van der Waals surface area contributed by atoms with Crippen molar-refractivity contribution in [3.05, 3.63) is 94.1 Å². The number of ether oxygens (including phenoxy) is 2. The van der Waals surface area contributed by atoms with Crippen molar-refractivity contribution in [2.24, 2.45) is 0 Å². The van der Waals surface area contributed by atoms with E-state index in [-0.39, 0.29) is 18.1 Å². The SMILES string of the molecule is COc1ccc(CN2C(=O)C(Nc3cc(Cl)ccc3OC)=C(c3ccc(C)cc3)C2=O)cc1. The lowest BCUT2D eigenvalue weighted by molar-refractivity contribution is -0.137. The number of nitrogens with one attached hydrogen (secondary N) is 1. The molecule has 0 saturated heterocycles. The van der Waals surface area contributed by atoms with Crippen LogP contribution >= 0.6 is 11.6 Å². The maximum absolute atomic E-state index is 13.5. The van der Waals surface area contributed by atoms with Crippen molar-refractivity contribution in [1.82, 2.24) is 4.90 Å². The minimum absolute atomic E-state index is 0.134. The largest absolute Gasteiger partial charge is 0.497 e. The second kappa shape index (κ2) is 9.38. The van der Waals surface area contributed by atoms with Gasteiger partial charge in [0.05, 0.1) is 32.0 Å².